The molecule has 9 heteroatoms. The zero-order valence-corrected chi connectivity index (χ0v) is 47.4. The number of rotatable bonds is 49. The van der Waals surface area contributed by atoms with Crippen LogP contribution in [-0.4, -0.2) is 87.4 Å². The molecule has 0 saturated heterocycles. The van der Waals surface area contributed by atoms with E-state index in [2.05, 4.69) is 184 Å². The average Bonchev–Trinajstić information content (AvgIpc) is 3.38. The highest BCUT2D eigenvalue weighted by atomic mass is 16.7. The summed E-state index contributed by atoms with van der Waals surface area (Å²) in [5.74, 6) is -2.12. The first kappa shape index (κ1) is 69.7. The number of quaternary nitrogens is 1. The van der Waals surface area contributed by atoms with Crippen molar-refractivity contribution in [3.05, 3.63) is 170 Å². The van der Waals surface area contributed by atoms with Gasteiger partial charge in [0, 0.05) is 12.8 Å². The van der Waals surface area contributed by atoms with Gasteiger partial charge in [0.15, 0.2) is 6.10 Å². The third-order valence-corrected chi connectivity index (χ3v) is 11.0. The maximum Gasteiger partial charge on any atom is 0.361 e. The van der Waals surface area contributed by atoms with Crippen molar-refractivity contribution in [2.24, 2.45) is 0 Å². The Morgan fingerprint density at radius 3 is 1.04 bits per heavy atom. The van der Waals surface area contributed by atoms with Crippen LogP contribution in [0.2, 0.25) is 0 Å². The van der Waals surface area contributed by atoms with E-state index in [1.54, 1.807) is 0 Å². The molecule has 0 rings (SSSR count). The van der Waals surface area contributed by atoms with Gasteiger partial charge in [-0.2, -0.15) is 0 Å². The van der Waals surface area contributed by atoms with Gasteiger partial charge in [-0.15, -0.1) is 0 Å². The first-order chi connectivity index (χ1) is 36.6. The van der Waals surface area contributed by atoms with Crippen molar-refractivity contribution in [1.29, 1.82) is 0 Å². The molecule has 0 spiro atoms. The summed E-state index contributed by atoms with van der Waals surface area (Å²) in [5.41, 5.74) is 0. The number of ether oxygens (including phenoxy) is 4. The van der Waals surface area contributed by atoms with Crippen molar-refractivity contribution in [3.8, 4) is 0 Å². The number of hydrogen-bond donors (Lipinski definition) is 1. The fourth-order valence-electron chi connectivity index (χ4n) is 6.68. The fraction of sp³-hybridized carbons (Fsp3) is 0.530. The summed E-state index contributed by atoms with van der Waals surface area (Å²) in [6.45, 7) is 4.53. The number of hydrogen-bond acceptors (Lipinski definition) is 7. The molecule has 0 aliphatic carbocycles. The van der Waals surface area contributed by atoms with Crippen molar-refractivity contribution in [3.63, 3.8) is 0 Å². The quantitative estimate of drug-likeness (QED) is 0.0211. The first-order valence-electron chi connectivity index (χ1n) is 28.3. The molecule has 0 aromatic carbocycles. The number of aliphatic carboxylic acids is 1. The van der Waals surface area contributed by atoms with Crippen LogP contribution < -0.4 is 0 Å². The molecule has 0 aliphatic rings. The summed E-state index contributed by atoms with van der Waals surface area (Å²) in [6.07, 6.45) is 80.0. The van der Waals surface area contributed by atoms with Crippen molar-refractivity contribution in [2.75, 3.05) is 47.5 Å². The van der Waals surface area contributed by atoms with E-state index in [4.69, 9.17) is 18.9 Å². The van der Waals surface area contributed by atoms with Gasteiger partial charge < -0.3 is 28.5 Å². The van der Waals surface area contributed by atoms with E-state index >= 15 is 0 Å². The molecule has 0 bridgehead atoms. The highest BCUT2D eigenvalue weighted by molar-refractivity contribution is 5.71. The Labute approximate surface area is 457 Å². The van der Waals surface area contributed by atoms with Crippen LogP contribution >= 0.6 is 0 Å². The molecule has 1 N–H and O–H groups in total. The smallest absolute Gasteiger partial charge is 0.361 e. The van der Waals surface area contributed by atoms with Crippen molar-refractivity contribution in [1.82, 2.24) is 0 Å². The standard InChI is InChI=1S/C66H101NO8/c1-6-8-10-12-14-16-18-20-22-24-26-28-30-32-34-36-38-40-42-44-46-48-50-52-54-56-63(68)73-60-62(61-74-66(65(70)71)72-59-58-67(3,4)5)75-64(69)57-55-53-51-49-47-45-43-41-39-37-35-33-31-29-27-25-23-21-19-17-15-13-11-9-7-2/h8-11,14-17,20-23,26-29,32-35,38-41,44-47,62,66H,6-7,12-13,18-19,24-25,30-31,36-37,42-43,48-61H2,1-5H3/p+1/b10-8-,11-9-,16-14-,17-15-,22-20-,23-21-,28-26-,29-27-,34-32-,35-33-,40-38-,41-39-,46-44-,47-45-. The largest absolute Gasteiger partial charge is 0.477 e. The van der Waals surface area contributed by atoms with E-state index in [9.17, 15) is 19.5 Å². The number of carboxylic acid groups (broad SMARTS) is 1. The molecule has 0 aliphatic heterocycles. The van der Waals surface area contributed by atoms with Crippen LogP contribution in [0.15, 0.2) is 170 Å². The molecule has 9 nitrogen and oxygen atoms in total. The molecule has 2 unspecified atom stereocenters. The van der Waals surface area contributed by atoms with Crippen LogP contribution in [0.4, 0.5) is 0 Å². The molecular formula is C66H102NO8+. The van der Waals surface area contributed by atoms with Crippen LogP contribution in [0, 0.1) is 0 Å². The molecular weight excluding hydrogens is 935 g/mol. The summed E-state index contributed by atoms with van der Waals surface area (Å²) in [7, 11) is 5.92. The van der Waals surface area contributed by atoms with E-state index in [1.807, 2.05) is 21.1 Å². The van der Waals surface area contributed by atoms with Gasteiger partial charge in [-0.25, -0.2) is 4.79 Å². The Morgan fingerprint density at radius 1 is 0.400 bits per heavy atom. The van der Waals surface area contributed by atoms with Crippen LogP contribution in [0.5, 0.6) is 0 Å². The van der Waals surface area contributed by atoms with Gasteiger partial charge >= 0.3 is 17.9 Å². The third kappa shape index (κ3) is 56.2. The maximum atomic E-state index is 12.9. The van der Waals surface area contributed by atoms with Gasteiger partial charge in [0.25, 0.3) is 6.29 Å². The van der Waals surface area contributed by atoms with Gasteiger partial charge in [0.2, 0.25) is 0 Å². The predicted molar refractivity (Wildman–Crippen MR) is 317 cm³/mol. The molecule has 0 radical (unpaired) electrons. The number of nitrogens with zero attached hydrogens (tertiary/aromatic N) is 1. The SMILES string of the molecule is CC/C=C\C/C=C\C/C=C\C/C=C\C/C=C\C/C=C\C/C=C\CCCCCC(=O)OCC(COC(OCC[N+](C)(C)C)C(=O)O)OC(=O)CCCCC/C=C\C/C=C\C/C=C\C/C=C\C/C=C\C/C=C\C/C=C\CC. The average molecular weight is 1040 g/mol. The summed E-state index contributed by atoms with van der Waals surface area (Å²) in [6, 6.07) is 0. The zero-order chi connectivity index (χ0) is 54.8. The Balaban J connectivity index is 4.48. The number of likely N-dealkylation sites (N-methyl/N-ethyl adjacent to an activating group) is 1. The molecule has 0 saturated carbocycles. The fourth-order valence-corrected chi connectivity index (χ4v) is 6.68. The van der Waals surface area contributed by atoms with E-state index in [-0.39, 0.29) is 32.7 Å². The topological polar surface area (TPSA) is 108 Å². The molecule has 418 valence electrons. The molecule has 2 atom stereocenters. The van der Waals surface area contributed by atoms with Crippen LogP contribution in [0.3, 0.4) is 0 Å². The Bertz CT molecular complexity index is 1830. The van der Waals surface area contributed by atoms with Gasteiger partial charge in [0.1, 0.15) is 13.2 Å². The lowest BCUT2D eigenvalue weighted by Crippen LogP contribution is -2.40. The number of unbranched alkanes of at least 4 members (excludes halogenated alkanes) is 6. The minimum atomic E-state index is -1.54. The molecule has 0 heterocycles. The van der Waals surface area contributed by atoms with Crippen molar-refractivity contribution in [2.45, 2.75) is 180 Å². The van der Waals surface area contributed by atoms with Crippen molar-refractivity contribution >= 4 is 17.9 Å². The van der Waals surface area contributed by atoms with E-state index in [1.165, 1.54) is 0 Å². The van der Waals surface area contributed by atoms with E-state index in [0.717, 1.165) is 128 Å². The predicted octanol–water partition coefficient (Wildman–Crippen LogP) is 16.8. The maximum absolute atomic E-state index is 12.9. The zero-order valence-electron chi connectivity index (χ0n) is 47.4. The third-order valence-electron chi connectivity index (χ3n) is 11.0. The van der Waals surface area contributed by atoms with Gasteiger partial charge in [0.05, 0.1) is 34.4 Å². The van der Waals surface area contributed by atoms with Gasteiger partial charge in [-0.1, -0.05) is 197 Å². The molecule has 0 fully saturated rings. The van der Waals surface area contributed by atoms with E-state index in [0.29, 0.717) is 23.9 Å². The lowest BCUT2D eigenvalue weighted by Gasteiger charge is -2.25. The number of allylic oxidation sites excluding steroid dienone is 28. The summed E-state index contributed by atoms with van der Waals surface area (Å²) < 4.78 is 22.8. The van der Waals surface area contributed by atoms with Gasteiger partial charge in [-0.3, -0.25) is 9.59 Å². The molecule has 0 aromatic rings. The number of carboxylic acids is 1. The molecule has 0 amide bonds. The Kier molecular flexibility index (Phi) is 51.0. The second-order valence-electron chi connectivity index (χ2n) is 19.1. The summed E-state index contributed by atoms with van der Waals surface area (Å²) in [5, 5.41) is 9.70. The Morgan fingerprint density at radius 2 is 0.720 bits per heavy atom. The minimum absolute atomic E-state index is 0.164. The highest BCUT2D eigenvalue weighted by Crippen LogP contribution is 2.11. The second kappa shape index (κ2) is 54.9. The number of esters is 2. The van der Waals surface area contributed by atoms with Crippen LogP contribution in [0.1, 0.15) is 168 Å². The normalized spacial score (nSPS) is 14.1. The molecule has 75 heavy (non-hydrogen) atoms. The summed E-state index contributed by atoms with van der Waals surface area (Å²) in [4.78, 5) is 37.4. The van der Waals surface area contributed by atoms with Crippen LogP contribution in [0.25, 0.3) is 0 Å². The molecule has 0 aromatic heterocycles. The van der Waals surface area contributed by atoms with E-state index < -0.39 is 30.3 Å². The lowest BCUT2D eigenvalue weighted by atomic mass is 10.1. The Hall–Kier alpha value is -5.35. The van der Waals surface area contributed by atoms with Gasteiger partial charge in [-0.05, 0) is 128 Å². The number of carbonyl (C=O) groups is 3. The number of carbonyl (C=O) groups excluding carboxylic acids is 2. The minimum Gasteiger partial charge on any atom is -0.477 e. The van der Waals surface area contributed by atoms with Crippen LogP contribution in [-0.2, 0) is 33.3 Å². The summed E-state index contributed by atoms with van der Waals surface area (Å²) >= 11 is 0. The monoisotopic (exact) mass is 1040 g/mol. The van der Waals surface area contributed by atoms with Crippen molar-refractivity contribution < 1.29 is 42.9 Å². The first-order valence-corrected chi connectivity index (χ1v) is 28.3. The second-order valence-corrected chi connectivity index (χ2v) is 19.1. The highest BCUT2D eigenvalue weighted by Gasteiger charge is 2.25. The lowest BCUT2D eigenvalue weighted by molar-refractivity contribution is -0.870.